The summed E-state index contributed by atoms with van der Waals surface area (Å²) in [6.07, 6.45) is 0. The molecule has 0 bridgehead atoms. The van der Waals surface area contributed by atoms with Crippen LogP contribution in [0.1, 0.15) is 32.0 Å². The van der Waals surface area contributed by atoms with Crippen LogP contribution in [-0.2, 0) is 12.0 Å². The molecule has 2 aromatic rings. The molecule has 0 fully saturated rings. The van der Waals surface area contributed by atoms with Crippen LogP contribution in [0.5, 0.6) is 11.6 Å². The van der Waals surface area contributed by atoms with Crippen LogP contribution < -0.4 is 10.1 Å². The molecule has 0 aliphatic heterocycles. The molecule has 1 aromatic carbocycles. The van der Waals surface area contributed by atoms with Crippen LogP contribution >= 0.6 is 11.6 Å². The van der Waals surface area contributed by atoms with Gasteiger partial charge < -0.3 is 10.1 Å². The second-order valence-corrected chi connectivity index (χ2v) is 6.48. The second-order valence-electron chi connectivity index (χ2n) is 6.04. The van der Waals surface area contributed by atoms with Crippen LogP contribution in [0.3, 0.4) is 0 Å². The highest BCUT2D eigenvalue weighted by molar-refractivity contribution is 6.30. The third-order valence-electron chi connectivity index (χ3n) is 3.03. The molecule has 2 rings (SSSR count). The van der Waals surface area contributed by atoms with Gasteiger partial charge in [-0.05, 0) is 36.9 Å². The lowest BCUT2D eigenvalue weighted by molar-refractivity contribution is 0.450. The van der Waals surface area contributed by atoms with Crippen LogP contribution in [-0.4, -0.2) is 12.0 Å². The molecule has 0 saturated carbocycles. The summed E-state index contributed by atoms with van der Waals surface area (Å²) in [5, 5.41) is 3.81. The topological polar surface area (TPSA) is 34.1 Å². The fourth-order valence-electron chi connectivity index (χ4n) is 1.95. The first kappa shape index (κ1) is 15.8. The molecule has 1 heterocycles. The Morgan fingerprint density at radius 3 is 2.57 bits per heavy atom. The normalized spacial score (nSPS) is 11.5. The van der Waals surface area contributed by atoms with Crippen LogP contribution in [0.2, 0.25) is 5.02 Å². The van der Waals surface area contributed by atoms with E-state index in [1.807, 2.05) is 31.3 Å². The van der Waals surface area contributed by atoms with Crippen LogP contribution in [0, 0.1) is 0 Å². The van der Waals surface area contributed by atoms with E-state index in [-0.39, 0.29) is 5.41 Å². The summed E-state index contributed by atoms with van der Waals surface area (Å²) < 4.78 is 5.86. The number of hydrogen-bond acceptors (Lipinski definition) is 3. The molecule has 3 nitrogen and oxygen atoms in total. The quantitative estimate of drug-likeness (QED) is 0.900. The number of nitrogens with zero attached hydrogens (tertiary/aromatic N) is 1. The molecule has 0 aliphatic carbocycles. The Hall–Kier alpha value is -1.58. The van der Waals surface area contributed by atoms with E-state index in [1.54, 1.807) is 6.07 Å². The lowest BCUT2D eigenvalue weighted by atomic mass is 9.91. The van der Waals surface area contributed by atoms with Gasteiger partial charge in [-0.3, -0.25) is 0 Å². The highest BCUT2D eigenvalue weighted by Gasteiger charge is 2.17. The molecule has 0 amide bonds. The number of nitrogens with one attached hydrogen (secondary N) is 1. The predicted molar refractivity (Wildman–Crippen MR) is 87.2 cm³/mol. The summed E-state index contributed by atoms with van der Waals surface area (Å²) >= 11 is 5.99. The minimum atomic E-state index is -0.0316. The molecule has 0 aliphatic rings. The number of hydrogen-bond donors (Lipinski definition) is 1. The lowest BCUT2D eigenvalue weighted by Crippen LogP contribution is -2.15. The van der Waals surface area contributed by atoms with Crippen molar-refractivity contribution in [3.05, 3.63) is 52.7 Å². The standard InChI is InChI=1S/C17H21ClN2O/c1-17(2,3)15-8-12(11-19-4)9-16(20-15)21-14-7-5-6-13(18)10-14/h5-10,19H,11H2,1-4H3. The Morgan fingerprint density at radius 1 is 1.19 bits per heavy atom. The number of halogens is 1. The number of pyridine rings is 1. The second kappa shape index (κ2) is 6.46. The largest absolute Gasteiger partial charge is 0.439 e. The zero-order valence-corrected chi connectivity index (χ0v) is 13.7. The Balaban J connectivity index is 2.35. The van der Waals surface area contributed by atoms with Gasteiger partial charge in [0.05, 0.1) is 5.69 Å². The fraction of sp³-hybridized carbons (Fsp3) is 0.353. The Labute approximate surface area is 131 Å². The maximum Gasteiger partial charge on any atom is 0.219 e. The smallest absolute Gasteiger partial charge is 0.219 e. The van der Waals surface area contributed by atoms with E-state index >= 15 is 0 Å². The van der Waals surface area contributed by atoms with Crippen molar-refractivity contribution in [2.45, 2.75) is 32.7 Å². The van der Waals surface area contributed by atoms with Gasteiger partial charge in [0.1, 0.15) is 5.75 Å². The molecular weight excluding hydrogens is 284 g/mol. The highest BCUT2D eigenvalue weighted by atomic mass is 35.5. The summed E-state index contributed by atoms with van der Waals surface area (Å²) in [6, 6.07) is 11.4. The average molecular weight is 305 g/mol. The molecule has 1 N–H and O–H groups in total. The van der Waals surface area contributed by atoms with Crippen molar-refractivity contribution in [2.75, 3.05) is 7.05 Å². The Kier molecular flexibility index (Phi) is 4.86. The third kappa shape index (κ3) is 4.45. The molecule has 0 saturated heterocycles. The fourth-order valence-corrected chi connectivity index (χ4v) is 2.13. The summed E-state index contributed by atoms with van der Waals surface area (Å²) in [4.78, 5) is 4.62. The van der Waals surface area contributed by atoms with Gasteiger partial charge in [0.15, 0.2) is 0 Å². The molecule has 0 radical (unpaired) electrons. The number of ether oxygens (including phenoxy) is 1. The minimum Gasteiger partial charge on any atom is -0.439 e. The van der Waals surface area contributed by atoms with Gasteiger partial charge in [-0.2, -0.15) is 0 Å². The van der Waals surface area contributed by atoms with Gasteiger partial charge in [-0.15, -0.1) is 0 Å². The molecule has 0 atom stereocenters. The maximum atomic E-state index is 5.99. The SMILES string of the molecule is CNCc1cc(Oc2cccc(Cl)c2)nc(C(C)(C)C)c1. The van der Waals surface area contributed by atoms with E-state index in [1.165, 1.54) is 0 Å². The average Bonchev–Trinajstić information content (AvgIpc) is 2.37. The van der Waals surface area contributed by atoms with E-state index in [0.717, 1.165) is 17.8 Å². The van der Waals surface area contributed by atoms with E-state index in [2.05, 4.69) is 37.1 Å². The van der Waals surface area contributed by atoms with Gasteiger partial charge in [-0.25, -0.2) is 4.98 Å². The lowest BCUT2D eigenvalue weighted by Gasteiger charge is -2.20. The van der Waals surface area contributed by atoms with Gasteiger partial charge in [0.2, 0.25) is 5.88 Å². The first-order chi connectivity index (χ1) is 9.88. The first-order valence-corrected chi connectivity index (χ1v) is 7.36. The first-order valence-electron chi connectivity index (χ1n) is 6.98. The van der Waals surface area contributed by atoms with E-state index in [0.29, 0.717) is 16.7 Å². The summed E-state index contributed by atoms with van der Waals surface area (Å²) in [6.45, 7) is 7.20. The van der Waals surface area contributed by atoms with Gasteiger partial charge in [0, 0.05) is 23.0 Å². The number of aromatic nitrogens is 1. The minimum absolute atomic E-state index is 0.0316. The van der Waals surface area contributed by atoms with Crippen molar-refractivity contribution < 1.29 is 4.74 Å². The molecule has 112 valence electrons. The van der Waals surface area contributed by atoms with Gasteiger partial charge in [-0.1, -0.05) is 38.4 Å². The van der Waals surface area contributed by atoms with Crippen molar-refractivity contribution in [1.82, 2.24) is 10.3 Å². The van der Waals surface area contributed by atoms with Crippen LogP contribution in [0.25, 0.3) is 0 Å². The summed E-state index contributed by atoms with van der Waals surface area (Å²) in [5.74, 6) is 1.28. The molecule has 1 aromatic heterocycles. The number of benzene rings is 1. The molecule has 21 heavy (non-hydrogen) atoms. The zero-order chi connectivity index (χ0) is 15.5. The molecular formula is C17H21ClN2O. The van der Waals surface area contributed by atoms with Crippen LogP contribution in [0.15, 0.2) is 36.4 Å². The van der Waals surface area contributed by atoms with Crippen molar-refractivity contribution in [3.63, 3.8) is 0 Å². The molecule has 4 heteroatoms. The molecule has 0 unspecified atom stereocenters. The van der Waals surface area contributed by atoms with Crippen molar-refractivity contribution in [3.8, 4) is 11.6 Å². The summed E-state index contributed by atoms with van der Waals surface area (Å²) in [5.41, 5.74) is 2.12. The maximum absolute atomic E-state index is 5.99. The Bertz CT molecular complexity index is 620. The Morgan fingerprint density at radius 2 is 1.95 bits per heavy atom. The van der Waals surface area contributed by atoms with E-state index in [9.17, 15) is 0 Å². The van der Waals surface area contributed by atoms with Crippen molar-refractivity contribution >= 4 is 11.6 Å². The van der Waals surface area contributed by atoms with Crippen molar-refractivity contribution in [2.24, 2.45) is 0 Å². The number of rotatable bonds is 4. The third-order valence-corrected chi connectivity index (χ3v) is 3.26. The van der Waals surface area contributed by atoms with Gasteiger partial charge >= 0.3 is 0 Å². The molecule has 0 spiro atoms. The summed E-state index contributed by atoms with van der Waals surface area (Å²) in [7, 11) is 1.93. The van der Waals surface area contributed by atoms with Crippen molar-refractivity contribution in [1.29, 1.82) is 0 Å². The van der Waals surface area contributed by atoms with Gasteiger partial charge in [0.25, 0.3) is 0 Å². The monoisotopic (exact) mass is 304 g/mol. The van der Waals surface area contributed by atoms with E-state index in [4.69, 9.17) is 16.3 Å². The highest BCUT2D eigenvalue weighted by Crippen LogP contribution is 2.28. The predicted octanol–water partition coefficient (Wildman–Crippen LogP) is 4.54. The van der Waals surface area contributed by atoms with E-state index < -0.39 is 0 Å². The van der Waals surface area contributed by atoms with Crippen LogP contribution in [0.4, 0.5) is 0 Å². The zero-order valence-electron chi connectivity index (χ0n) is 12.9.